The predicted molar refractivity (Wildman–Crippen MR) is 62.6 cm³/mol. The van der Waals surface area contributed by atoms with E-state index in [2.05, 4.69) is 5.32 Å². The second-order valence-corrected chi connectivity index (χ2v) is 3.63. The molecule has 0 fully saturated rings. The maximum atomic E-state index is 11.9. The first-order valence-corrected chi connectivity index (χ1v) is 5.32. The van der Waals surface area contributed by atoms with Crippen LogP contribution in [0.4, 0.5) is 23.7 Å². The van der Waals surface area contributed by atoms with Crippen LogP contribution in [0.3, 0.4) is 0 Å². The number of aliphatic carboxylic acids is 1. The van der Waals surface area contributed by atoms with Gasteiger partial charge in [-0.05, 0) is 12.1 Å². The van der Waals surface area contributed by atoms with Gasteiger partial charge in [-0.3, -0.25) is 0 Å². The fraction of sp³-hybridized carbons (Fsp3) is 0.273. The maximum Gasteiger partial charge on any atom is 0.405 e. The number of carboxylic acids is 1. The van der Waals surface area contributed by atoms with E-state index >= 15 is 0 Å². The monoisotopic (exact) mass is 292 g/mol. The molecule has 0 aliphatic heterocycles. The van der Waals surface area contributed by atoms with Crippen LogP contribution in [0.2, 0.25) is 0 Å². The molecule has 6 nitrogen and oxygen atoms in total. The summed E-state index contributed by atoms with van der Waals surface area (Å²) >= 11 is 0. The number of benzene rings is 1. The number of hydrogen-bond donors (Lipinski definition) is 3. The van der Waals surface area contributed by atoms with E-state index in [1.807, 2.05) is 0 Å². The smallest absolute Gasteiger partial charge is 0.405 e. The van der Waals surface area contributed by atoms with Crippen molar-refractivity contribution in [3.8, 4) is 5.75 Å². The van der Waals surface area contributed by atoms with Gasteiger partial charge in [0, 0.05) is 11.8 Å². The first-order valence-electron chi connectivity index (χ1n) is 5.32. The topological polar surface area (TPSA) is 87.7 Å². The molecule has 9 heteroatoms. The minimum absolute atomic E-state index is 0.168. The Morgan fingerprint density at radius 2 is 2.00 bits per heavy atom. The first kappa shape index (κ1) is 15.6. The number of alkyl halides is 3. The third kappa shape index (κ3) is 6.47. The van der Waals surface area contributed by atoms with E-state index in [-0.39, 0.29) is 11.4 Å². The number of hydrogen-bond acceptors (Lipinski definition) is 3. The lowest BCUT2D eigenvalue weighted by atomic mass is 10.3. The van der Waals surface area contributed by atoms with Crippen molar-refractivity contribution in [2.45, 2.75) is 6.18 Å². The highest BCUT2D eigenvalue weighted by atomic mass is 19.4. The average molecular weight is 292 g/mol. The van der Waals surface area contributed by atoms with Crippen LogP contribution >= 0.6 is 0 Å². The normalized spacial score (nSPS) is 10.8. The number of urea groups is 1. The zero-order chi connectivity index (χ0) is 15.2. The summed E-state index contributed by atoms with van der Waals surface area (Å²) < 4.78 is 40.5. The quantitative estimate of drug-likeness (QED) is 0.772. The van der Waals surface area contributed by atoms with Gasteiger partial charge in [0.1, 0.15) is 12.3 Å². The van der Waals surface area contributed by atoms with Crippen molar-refractivity contribution in [3.63, 3.8) is 0 Å². The van der Waals surface area contributed by atoms with Crippen LogP contribution in [-0.2, 0) is 4.79 Å². The molecule has 110 valence electrons. The van der Waals surface area contributed by atoms with Gasteiger partial charge < -0.3 is 20.5 Å². The van der Waals surface area contributed by atoms with Gasteiger partial charge in [0.05, 0.1) is 0 Å². The molecule has 2 amide bonds. The number of rotatable bonds is 5. The van der Waals surface area contributed by atoms with Crippen molar-refractivity contribution in [2.24, 2.45) is 0 Å². The minimum atomic E-state index is -4.50. The average Bonchev–Trinajstić information content (AvgIpc) is 2.34. The van der Waals surface area contributed by atoms with Crippen molar-refractivity contribution < 1.29 is 32.6 Å². The summed E-state index contributed by atoms with van der Waals surface area (Å²) in [7, 11) is 0. The molecular formula is C11H11F3N2O4. The third-order valence-corrected chi connectivity index (χ3v) is 1.90. The lowest BCUT2D eigenvalue weighted by Crippen LogP contribution is -2.36. The number of ether oxygens (including phenoxy) is 1. The van der Waals surface area contributed by atoms with Crippen molar-refractivity contribution in [1.82, 2.24) is 5.32 Å². The zero-order valence-electron chi connectivity index (χ0n) is 10.0. The predicted octanol–water partition coefficient (Wildman–Crippen LogP) is 1.83. The molecule has 0 atom stereocenters. The summed E-state index contributed by atoms with van der Waals surface area (Å²) in [5.74, 6) is -1.01. The highest BCUT2D eigenvalue weighted by Crippen LogP contribution is 2.17. The van der Waals surface area contributed by atoms with Gasteiger partial charge in [-0.2, -0.15) is 13.2 Å². The minimum Gasteiger partial charge on any atom is -0.482 e. The van der Waals surface area contributed by atoms with Crippen LogP contribution in [0, 0.1) is 0 Å². The molecule has 0 unspecified atom stereocenters. The molecule has 0 heterocycles. The molecule has 0 aliphatic carbocycles. The largest absolute Gasteiger partial charge is 0.482 e. The number of carboxylic acid groups (broad SMARTS) is 1. The van der Waals surface area contributed by atoms with Crippen LogP contribution in [-0.4, -0.2) is 36.4 Å². The second kappa shape index (κ2) is 6.64. The maximum absolute atomic E-state index is 11.9. The van der Waals surface area contributed by atoms with Gasteiger partial charge >= 0.3 is 18.2 Å². The molecule has 1 aromatic carbocycles. The van der Waals surface area contributed by atoms with E-state index in [4.69, 9.17) is 9.84 Å². The standard InChI is InChI=1S/C11H11F3N2O4/c12-11(13,14)6-15-10(19)16-7-2-1-3-8(4-7)20-5-9(17)18/h1-4H,5-6H2,(H,17,18)(H2,15,16,19). The van der Waals surface area contributed by atoms with Crippen LogP contribution < -0.4 is 15.4 Å². The van der Waals surface area contributed by atoms with Crippen LogP contribution in [0.15, 0.2) is 24.3 Å². The first-order chi connectivity index (χ1) is 9.26. The number of anilines is 1. The Balaban J connectivity index is 2.53. The molecule has 0 aliphatic rings. The zero-order valence-corrected chi connectivity index (χ0v) is 10.0. The van der Waals surface area contributed by atoms with Crippen molar-refractivity contribution >= 4 is 17.7 Å². The highest BCUT2D eigenvalue weighted by Gasteiger charge is 2.27. The molecule has 0 bridgehead atoms. The summed E-state index contributed by atoms with van der Waals surface area (Å²) in [5.41, 5.74) is 0.174. The number of nitrogens with one attached hydrogen (secondary N) is 2. The fourth-order valence-corrected chi connectivity index (χ4v) is 1.16. The Morgan fingerprint density at radius 1 is 1.30 bits per heavy atom. The summed E-state index contributed by atoms with van der Waals surface area (Å²) in [6.07, 6.45) is -4.50. The van der Waals surface area contributed by atoms with Crippen LogP contribution in [0.1, 0.15) is 0 Å². The van der Waals surface area contributed by atoms with Crippen molar-refractivity contribution in [3.05, 3.63) is 24.3 Å². The Bertz CT molecular complexity index is 491. The van der Waals surface area contributed by atoms with Gasteiger partial charge in [-0.15, -0.1) is 0 Å². The molecule has 1 rings (SSSR count). The summed E-state index contributed by atoms with van der Waals surface area (Å²) in [6.45, 7) is -2.02. The Kier molecular flexibility index (Phi) is 5.18. The molecule has 0 aromatic heterocycles. The van der Waals surface area contributed by atoms with Crippen molar-refractivity contribution in [2.75, 3.05) is 18.5 Å². The lowest BCUT2D eigenvalue weighted by molar-refractivity contribution is -0.139. The molecule has 3 N–H and O–H groups in total. The number of halogens is 3. The summed E-state index contributed by atoms with van der Waals surface area (Å²) in [4.78, 5) is 21.5. The third-order valence-electron chi connectivity index (χ3n) is 1.90. The molecular weight excluding hydrogens is 281 g/mol. The number of carbonyl (C=O) groups is 2. The Morgan fingerprint density at radius 3 is 2.60 bits per heavy atom. The summed E-state index contributed by atoms with van der Waals surface area (Å²) in [5, 5.41) is 12.2. The SMILES string of the molecule is O=C(O)COc1cccc(NC(=O)NCC(F)(F)F)c1. The van der Waals surface area contributed by atoms with Crippen LogP contribution in [0.25, 0.3) is 0 Å². The lowest BCUT2D eigenvalue weighted by Gasteiger charge is -2.10. The van der Waals surface area contributed by atoms with Gasteiger partial charge in [0.2, 0.25) is 0 Å². The van der Waals surface area contributed by atoms with E-state index < -0.39 is 31.3 Å². The molecule has 0 saturated heterocycles. The van der Waals surface area contributed by atoms with Gasteiger partial charge in [-0.1, -0.05) is 6.07 Å². The van der Waals surface area contributed by atoms with Crippen LogP contribution in [0.5, 0.6) is 5.75 Å². The molecule has 0 saturated carbocycles. The Labute approximate surface area is 111 Å². The van der Waals surface area contributed by atoms with E-state index in [1.165, 1.54) is 24.3 Å². The van der Waals surface area contributed by atoms with E-state index in [9.17, 15) is 22.8 Å². The second-order valence-electron chi connectivity index (χ2n) is 3.63. The summed E-state index contributed by atoms with van der Waals surface area (Å²) in [6, 6.07) is 4.58. The highest BCUT2D eigenvalue weighted by molar-refractivity contribution is 5.89. The van der Waals surface area contributed by atoms with E-state index in [0.717, 1.165) is 0 Å². The van der Waals surface area contributed by atoms with Crippen molar-refractivity contribution in [1.29, 1.82) is 0 Å². The van der Waals surface area contributed by atoms with Gasteiger partial charge in [0.25, 0.3) is 0 Å². The molecule has 1 aromatic rings. The molecule has 20 heavy (non-hydrogen) atoms. The van der Waals surface area contributed by atoms with Gasteiger partial charge in [-0.25, -0.2) is 9.59 Å². The van der Waals surface area contributed by atoms with E-state index in [0.29, 0.717) is 0 Å². The fourth-order valence-electron chi connectivity index (χ4n) is 1.16. The number of amides is 2. The van der Waals surface area contributed by atoms with E-state index in [1.54, 1.807) is 5.32 Å². The molecule has 0 spiro atoms. The Hall–Kier alpha value is -2.45. The molecule has 0 radical (unpaired) electrons. The van der Waals surface area contributed by atoms with Gasteiger partial charge in [0.15, 0.2) is 6.61 Å². The number of carbonyl (C=O) groups excluding carboxylic acids is 1.